The molecular formula is C12H16N2O2. The zero-order chi connectivity index (χ0) is 12.0. The van der Waals surface area contributed by atoms with Gasteiger partial charge < -0.3 is 5.11 Å². The minimum absolute atomic E-state index is 0.0102. The number of nitrogens with zero attached hydrogens (tertiary/aromatic N) is 2. The summed E-state index contributed by atoms with van der Waals surface area (Å²) in [4.78, 5) is 16.7. The summed E-state index contributed by atoms with van der Waals surface area (Å²) in [5, 5.41) is 8.81. The third-order valence-corrected chi connectivity index (χ3v) is 2.37. The molecule has 0 aromatic carbocycles. The summed E-state index contributed by atoms with van der Waals surface area (Å²) in [6.45, 7) is 6.09. The number of carbonyl (C=O) groups is 1. The van der Waals surface area contributed by atoms with E-state index in [0.717, 1.165) is 5.69 Å². The van der Waals surface area contributed by atoms with Crippen LogP contribution < -0.4 is 0 Å². The molecule has 1 rings (SSSR count). The van der Waals surface area contributed by atoms with Crippen LogP contribution in [0, 0.1) is 0 Å². The Balaban J connectivity index is 2.77. The minimum Gasteiger partial charge on any atom is -0.480 e. The van der Waals surface area contributed by atoms with Gasteiger partial charge in [0, 0.05) is 12.7 Å². The SMILES string of the molecule is C=CCN(CC(=O)O)C(C)c1ccccn1. The first-order valence-electron chi connectivity index (χ1n) is 5.12. The van der Waals surface area contributed by atoms with Crippen molar-refractivity contribution in [2.75, 3.05) is 13.1 Å². The van der Waals surface area contributed by atoms with Crippen LogP contribution in [0.3, 0.4) is 0 Å². The standard InChI is InChI=1S/C12H16N2O2/c1-3-8-14(9-12(15)16)10(2)11-6-4-5-7-13-11/h3-7,10H,1,8-9H2,2H3,(H,15,16). The normalized spacial score (nSPS) is 12.4. The monoisotopic (exact) mass is 220 g/mol. The Hall–Kier alpha value is -1.68. The van der Waals surface area contributed by atoms with Gasteiger partial charge in [0.1, 0.15) is 0 Å². The van der Waals surface area contributed by atoms with Gasteiger partial charge in [0.05, 0.1) is 18.3 Å². The summed E-state index contributed by atoms with van der Waals surface area (Å²) < 4.78 is 0. The third-order valence-electron chi connectivity index (χ3n) is 2.37. The molecule has 1 aromatic rings. The predicted octanol–water partition coefficient (Wildman–Crippen LogP) is 1.72. The van der Waals surface area contributed by atoms with Crippen molar-refractivity contribution in [2.45, 2.75) is 13.0 Å². The molecule has 1 aromatic heterocycles. The summed E-state index contributed by atoms with van der Waals surface area (Å²) in [6.07, 6.45) is 3.40. The second kappa shape index (κ2) is 6.02. The van der Waals surface area contributed by atoms with Gasteiger partial charge in [-0.3, -0.25) is 14.7 Å². The largest absolute Gasteiger partial charge is 0.480 e. The molecule has 0 spiro atoms. The van der Waals surface area contributed by atoms with E-state index in [1.807, 2.05) is 25.1 Å². The first-order chi connectivity index (χ1) is 7.65. The Morgan fingerprint density at radius 1 is 1.69 bits per heavy atom. The lowest BCUT2D eigenvalue weighted by molar-refractivity contribution is -0.138. The number of rotatable bonds is 6. The molecule has 0 saturated heterocycles. The highest BCUT2D eigenvalue weighted by molar-refractivity contribution is 5.69. The average molecular weight is 220 g/mol. The van der Waals surface area contributed by atoms with E-state index in [2.05, 4.69) is 11.6 Å². The quantitative estimate of drug-likeness (QED) is 0.741. The fourth-order valence-corrected chi connectivity index (χ4v) is 1.51. The summed E-state index contributed by atoms with van der Waals surface area (Å²) in [5.41, 5.74) is 0.866. The van der Waals surface area contributed by atoms with E-state index in [1.54, 1.807) is 17.2 Å². The van der Waals surface area contributed by atoms with Crippen molar-refractivity contribution in [1.82, 2.24) is 9.88 Å². The van der Waals surface area contributed by atoms with Crippen molar-refractivity contribution in [2.24, 2.45) is 0 Å². The van der Waals surface area contributed by atoms with E-state index in [-0.39, 0.29) is 12.6 Å². The van der Waals surface area contributed by atoms with Gasteiger partial charge in [0.2, 0.25) is 0 Å². The molecule has 16 heavy (non-hydrogen) atoms. The Bertz CT molecular complexity index is 351. The van der Waals surface area contributed by atoms with Crippen molar-refractivity contribution in [3.05, 3.63) is 42.7 Å². The molecule has 1 heterocycles. The molecule has 4 heteroatoms. The first kappa shape index (κ1) is 12.4. The van der Waals surface area contributed by atoms with Crippen molar-refractivity contribution < 1.29 is 9.90 Å². The van der Waals surface area contributed by atoms with Gasteiger partial charge in [-0.2, -0.15) is 0 Å². The predicted molar refractivity (Wildman–Crippen MR) is 62.1 cm³/mol. The number of aromatic nitrogens is 1. The number of pyridine rings is 1. The highest BCUT2D eigenvalue weighted by Crippen LogP contribution is 2.16. The van der Waals surface area contributed by atoms with Crippen molar-refractivity contribution >= 4 is 5.97 Å². The number of aliphatic carboxylic acids is 1. The summed E-state index contributed by atoms with van der Waals surface area (Å²) in [5.74, 6) is -0.843. The van der Waals surface area contributed by atoms with E-state index < -0.39 is 5.97 Å². The summed E-state index contributed by atoms with van der Waals surface area (Å²) in [7, 11) is 0. The molecule has 0 aliphatic heterocycles. The lowest BCUT2D eigenvalue weighted by atomic mass is 10.2. The maximum absolute atomic E-state index is 10.7. The minimum atomic E-state index is -0.843. The first-order valence-corrected chi connectivity index (χ1v) is 5.12. The zero-order valence-corrected chi connectivity index (χ0v) is 9.34. The van der Waals surface area contributed by atoms with Crippen molar-refractivity contribution in [3.63, 3.8) is 0 Å². The highest BCUT2D eigenvalue weighted by atomic mass is 16.4. The number of hydrogen-bond donors (Lipinski definition) is 1. The third kappa shape index (κ3) is 3.47. The van der Waals surface area contributed by atoms with E-state index >= 15 is 0 Å². The Morgan fingerprint density at radius 2 is 2.44 bits per heavy atom. The fourth-order valence-electron chi connectivity index (χ4n) is 1.51. The maximum atomic E-state index is 10.7. The smallest absolute Gasteiger partial charge is 0.317 e. The second-order valence-corrected chi connectivity index (χ2v) is 3.54. The Kier molecular flexibility index (Phi) is 4.66. The highest BCUT2D eigenvalue weighted by Gasteiger charge is 2.17. The molecule has 0 fully saturated rings. The van der Waals surface area contributed by atoms with Gasteiger partial charge >= 0.3 is 5.97 Å². The Labute approximate surface area is 95.2 Å². The zero-order valence-electron chi connectivity index (χ0n) is 9.34. The van der Waals surface area contributed by atoms with Gasteiger partial charge in [-0.25, -0.2) is 0 Å². The van der Waals surface area contributed by atoms with Gasteiger partial charge in [-0.05, 0) is 19.1 Å². The number of carboxylic acids is 1. The molecule has 1 unspecified atom stereocenters. The molecule has 86 valence electrons. The van der Waals surface area contributed by atoms with E-state index in [0.29, 0.717) is 6.54 Å². The summed E-state index contributed by atoms with van der Waals surface area (Å²) in [6, 6.07) is 5.59. The molecule has 1 N–H and O–H groups in total. The van der Waals surface area contributed by atoms with Crippen molar-refractivity contribution in [1.29, 1.82) is 0 Å². The lowest BCUT2D eigenvalue weighted by Gasteiger charge is -2.25. The van der Waals surface area contributed by atoms with Crippen LogP contribution in [0.5, 0.6) is 0 Å². The van der Waals surface area contributed by atoms with Gasteiger partial charge in [0.15, 0.2) is 0 Å². The second-order valence-electron chi connectivity index (χ2n) is 3.54. The van der Waals surface area contributed by atoms with Crippen LogP contribution in [0.25, 0.3) is 0 Å². The topological polar surface area (TPSA) is 53.4 Å². The average Bonchev–Trinajstić information content (AvgIpc) is 2.28. The van der Waals surface area contributed by atoms with Crippen LogP contribution in [0.1, 0.15) is 18.7 Å². The Morgan fingerprint density at radius 3 is 2.94 bits per heavy atom. The van der Waals surface area contributed by atoms with E-state index in [9.17, 15) is 4.79 Å². The molecule has 4 nitrogen and oxygen atoms in total. The number of carboxylic acid groups (broad SMARTS) is 1. The van der Waals surface area contributed by atoms with Crippen LogP contribution in [-0.2, 0) is 4.79 Å². The maximum Gasteiger partial charge on any atom is 0.317 e. The van der Waals surface area contributed by atoms with Gasteiger partial charge in [0.25, 0.3) is 0 Å². The van der Waals surface area contributed by atoms with Crippen LogP contribution in [0.4, 0.5) is 0 Å². The molecule has 0 radical (unpaired) electrons. The van der Waals surface area contributed by atoms with Crippen LogP contribution in [0.2, 0.25) is 0 Å². The fraction of sp³-hybridized carbons (Fsp3) is 0.333. The molecule has 0 aliphatic carbocycles. The lowest BCUT2D eigenvalue weighted by Crippen LogP contribution is -2.32. The molecular weight excluding hydrogens is 204 g/mol. The van der Waals surface area contributed by atoms with Crippen LogP contribution >= 0.6 is 0 Å². The van der Waals surface area contributed by atoms with Gasteiger partial charge in [-0.15, -0.1) is 6.58 Å². The molecule has 1 atom stereocenters. The van der Waals surface area contributed by atoms with E-state index in [1.165, 1.54) is 0 Å². The molecule has 0 saturated carbocycles. The molecule has 0 bridgehead atoms. The summed E-state index contributed by atoms with van der Waals surface area (Å²) >= 11 is 0. The van der Waals surface area contributed by atoms with Gasteiger partial charge in [-0.1, -0.05) is 12.1 Å². The van der Waals surface area contributed by atoms with Crippen molar-refractivity contribution in [3.8, 4) is 0 Å². The van der Waals surface area contributed by atoms with E-state index in [4.69, 9.17) is 5.11 Å². The number of hydrogen-bond acceptors (Lipinski definition) is 3. The molecule has 0 aliphatic rings. The molecule has 0 amide bonds. The van der Waals surface area contributed by atoms with Crippen LogP contribution in [0.15, 0.2) is 37.1 Å². The van der Waals surface area contributed by atoms with Crippen LogP contribution in [-0.4, -0.2) is 34.0 Å².